The maximum absolute atomic E-state index is 12.1. The van der Waals surface area contributed by atoms with Gasteiger partial charge in [-0.2, -0.15) is 0 Å². The molecule has 1 heterocycles. The number of hydrogen-bond donors (Lipinski definition) is 2. The first-order valence-electron chi connectivity index (χ1n) is 5.97. The van der Waals surface area contributed by atoms with Crippen LogP contribution in [-0.2, 0) is 17.1 Å². The number of aryl methyl sites for hydroxylation is 1. The van der Waals surface area contributed by atoms with Gasteiger partial charge in [-0.25, -0.2) is 18.1 Å². The van der Waals surface area contributed by atoms with Crippen molar-refractivity contribution in [3.63, 3.8) is 0 Å². The van der Waals surface area contributed by atoms with Crippen LogP contribution in [-0.4, -0.2) is 36.2 Å². The van der Waals surface area contributed by atoms with Gasteiger partial charge in [-0.05, 0) is 18.3 Å². The molecule has 0 saturated heterocycles. The fourth-order valence-electron chi connectivity index (χ4n) is 1.58. The summed E-state index contributed by atoms with van der Waals surface area (Å²) in [5.41, 5.74) is -0.239. The van der Waals surface area contributed by atoms with E-state index in [0.717, 1.165) is 6.42 Å². The first-order chi connectivity index (χ1) is 8.69. The third-order valence-corrected chi connectivity index (χ3v) is 4.73. The van der Waals surface area contributed by atoms with E-state index >= 15 is 0 Å². The molecular weight excluding hydrogens is 290 g/mol. The number of nitrogens with zero attached hydrogens (tertiary/aromatic N) is 2. The van der Waals surface area contributed by atoms with Gasteiger partial charge in [0.2, 0.25) is 5.03 Å². The van der Waals surface area contributed by atoms with Crippen LogP contribution < -0.4 is 4.72 Å². The molecule has 0 aliphatic rings. The number of sulfonamides is 1. The van der Waals surface area contributed by atoms with E-state index in [9.17, 15) is 8.42 Å². The highest BCUT2D eigenvalue weighted by Crippen LogP contribution is 2.23. The normalized spacial score (nSPS) is 12.9. The lowest BCUT2D eigenvalue weighted by molar-refractivity contribution is 0.242. The lowest BCUT2D eigenvalue weighted by atomic mass is 9.88. The molecule has 0 fully saturated rings. The monoisotopic (exact) mass is 309 g/mol. The Labute approximate surface area is 118 Å². The van der Waals surface area contributed by atoms with Gasteiger partial charge < -0.3 is 9.67 Å². The minimum atomic E-state index is -3.70. The smallest absolute Gasteiger partial charge is 0.261 e. The molecule has 0 aliphatic carbocycles. The molecule has 0 aromatic carbocycles. The summed E-state index contributed by atoms with van der Waals surface area (Å²) >= 11 is 5.88. The average molecular weight is 310 g/mol. The number of imidazole rings is 1. The number of rotatable bonds is 7. The minimum Gasteiger partial charge on any atom is -0.396 e. The average Bonchev–Trinajstić information content (AvgIpc) is 2.66. The van der Waals surface area contributed by atoms with Gasteiger partial charge >= 0.3 is 0 Å². The Hall–Kier alpha value is -0.630. The second-order valence-electron chi connectivity index (χ2n) is 5.27. The molecule has 0 bridgehead atoms. The van der Waals surface area contributed by atoms with Gasteiger partial charge in [0.1, 0.15) is 5.15 Å². The highest BCUT2D eigenvalue weighted by atomic mass is 35.5. The van der Waals surface area contributed by atoms with Crippen molar-refractivity contribution < 1.29 is 13.5 Å². The largest absolute Gasteiger partial charge is 0.396 e. The Bertz CT molecular complexity index is 525. The zero-order valence-corrected chi connectivity index (χ0v) is 12.9. The Balaban J connectivity index is 2.74. The number of hydrogen-bond acceptors (Lipinski definition) is 4. The number of aliphatic hydroxyl groups excluding tert-OH is 1. The molecule has 19 heavy (non-hydrogen) atoms. The predicted molar refractivity (Wildman–Crippen MR) is 73.5 cm³/mol. The summed E-state index contributed by atoms with van der Waals surface area (Å²) in [6.45, 7) is 4.24. The van der Waals surface area contributed by atoms with Crippen LogP contribution in [0.1, 0.15) is 26.7 Å². The number of halogens is 1. The molecule has 0 aliphatic heterocycles. The predicted octanol–water partition coefficient (Wildman–Crippen LogP) is 1.15. The molecule has 110 valence electrons. The van der Waals surface area contributed by atoms with Gasteiger partial charge in [-0.15, -0.1) is 0 Å². The van der Waals surface area contributed by atoms with E-state index in [1.165, 1.54) is 10.9 Å². The molecule has 0 amide bonds. The Kier molecular flexibility index (Phi) is 5.37. The fraction of sp³-hybridized carbons (Fsp3) is 0.727. The lowest BCUT2D eigenvalue weighted by Gasteiger charge is -2.24. The van der Waals surface area contributed by atoms with E-state index in [0.29, 0.717) is 6.42 Å². The van der Waals surface area contributed by atoms with Crippen molar-refractivity contribution in [3.05, 3.63) is 11.5 Å². The molecule has 0 radical (unpaired) electrons. The molecule has 1 aromatic heterocycles. The van der Waals surface area contributed by atoms with Crippen LogP contribution in [0.15, 0.2) is 11.4 Å². The maximum atomic E-state index is 12.1. The highest BCUT2D eigenvalue weighted by molar-refractivity contribution is 7.89. The third-order valence-electron chi connectivity index (χ3n) is 2.84. The van der Waals surface area contributed by atoms with E-state index in [-0.39, 0.29) is 28.7 Å². The van der Waals surface area contributed by atoms with Crippen molar-refractivity contribution in [2.45, 2.75) is 31.7 Å². The minimum absolute atomic E-state index is 0.0839. The summed E-state index contributed by atoms with van der Waals surface area (Å²) in [6.07, 6.45) is 2.72. The van der Waals surface area contributed by atoms with E-state index in [1.807, 2.05) is 13.8 Å². The maximum Gasteiger partial charge on any atom is 0.261 e. The van der Waals surface area contributed by atoms with Crippen LogP contribution in [0.4, 0.5) is 0 Å². The Morgan fingerprint density at radius 1 is 1.53 bits per heavy atom. The van der Waals surface area contributed by atoms with Gasteiger partial charge in [0.15, 0.2) is 0 Å². The third kappa shape index (κ3) is 4.45. The second kappa shape index (κ2) is 6.21. The Morgan fingerprint density at radius 3 is 2.63 bits per heavy atom. The first kappa shape index (κ1) is 16.4. The Morgan fingerprint density at radius 2 is 2.16 bits per heavy atom. The van der Waals surface area contributed by atoms with Crippen molar-refractivity contribution in [2.24, 2.45) is 12.5 Å². The molecule has 1 rings (SSSR count). The SMILES string of the molecule is Cn1cnc(S(=O)(=O)NCC(C)(C)CCCO)c1Cl. The molecule has 0 spiro atoms. The molecule has 1 aromatic rings. The molecule has 0 unspecified atom stereocenters. The fourth-order valence-corrected chi connectivity index (χ4v) is 3.25. The van der Waals surface area contributed by atoms with Crippen molar-refractivity contribution in [1.29, 1.82) is 0 Å². The van der Waals surface area contributed by atoms with Crippen LogP contribution in [0.2, 0.25) is 5.15 Å². The van der Waals surface area contributed by atoms with Gasteiger partial charge in [-0.3, -0.25) is 0 Å². The molecule has 8 heteroatoms. The van der Waals surface area contributed by atoms with E-state index in [1.54, 1.807) is 7.05 Å². The first-order valence-corrected chi connectivity index (χ1v) is 7.83. The van der Waals surface area contributed by atoms with Crippen LogP contribution in [0.25, 0.3) is 0 Å². The summed E-state index contributed by atoms with van der Waals surface area (Å²) in [6, 6.07) is 0. The van der Waals surface area contributed by atoms with Gasteiger partial charge in [0.05, 0.1) is 6.33 Å². The van der Waals surface area contributed by atoms with Crippen molar-refractivity contribution in [1.82, 2.24) is 14.3 Å². The zero-order valence-electron chi connectivity index (χ0n) is 11.4. The summed E-state index contributed by atoms with van der Waals surface area (Å²) in [7, 11) is -2.08. The van der Waals surface area contributed by atoms with Crippen LogP contribution >= 0.6 is 11.6 Å². The summed E-state index contributed by atoms with van der Waals surface area (Å²) in [4.78, 5) is 3.79. The summed E-state index contributed by atoms with van der Waals surface area (Å²) in [5, 5.41) is 8.73. The van der Waals surface area contributed by atoms with E-state index in [2.05, 4.69) is 9.71 Å². The second-order valence-corrected chi connectivity index (χ2v) is 7.31. The van der Waals surface area contributed by atoms with Gasteiger partial charge in [-0.1, -0.05) is 25.4 Å². The number of aromatic nitrogens is 2. The number of aliphatic hydroxyl groups is 1. The van der Waals surface area contributed by atoms with Crippen molar-refractivity contribution in [2.75, 3.05) is 13.2 Å². The molecule has 6 nitrogen and oxygen atoms in total. The van der Waals surface area contributed by atoms with Crippen LogP contribution in [0, 0.1) is 5.41 Å². The highest BCUT2D eigenvalue weighted by Gasteiger charge is 2.25. The van der Waals surface area contributed by atoms with Crippen molar-refractivity contribution >= 4 is 21.6 Å². The van der Waals surface area contributed by atoms with Crippen LogP contribution in [0.3, 0.4) is 0 Å². The lowest BCUT2D eigenvalue weighted by Crippen LogP contribution is -2.34. The van der Waals surface area contributed by atoms with Gasteiger partial charge in [0.25, 0.3) is 10.0 Å². The molecule has 2 N–H and O–H groups in total. The van der Waals surface area contributed by atoms with E-state index < -0.39 is 10.0 Å². The van der Waals surface area contributed by atoms with Crippen LogP contribution in [0.5, 0.6) is 0 Å². The topological polar surface area (TPSA) is 84.2 Å². The molecule has 0 atom stereocenters. The van der Waals surface area contributed by atoms with Crippen molar-refractivity contribution in [3.8, 4) is 0 Å². The quantitative estimate of drug-likeness (QED) is 0.791. The van der Waals surface area contributed by atoms with Gasteiger partial charge in [0, 0.05) is 20.2 Å². The molecule has 0 saturated carbocycles. The standard InChI is InChI=1S/C11H20ClN3O3S/c1-11(2,5-4-6-16)7-14-19(17,18)10-9(12)15(3)8-13-10/h8,14,16H,4-7H2,1-3H3. The molecular formula is C11H20ClN3O3S. The summed E-state index contributed by atoms with van der Waals surface area (Å²) < 4.78 is 28.1. The number of nitrogens with one attached hydrogen (secondary N) is 1. The summed E-state index contributed by atoms with van der Waals surface area (Å²) in [5.74, 6) is 0. The zero-order chi connectivity index (χ0) is 14.7. The van der Waals surface area contributed by atoms with E-state index in [4.69, 9.17) is 16.7 Å².